The first-order valence-corrected chi connectivity index (χ1v) is 6.05. The van der Waals surface area contributed by atoms with Gasteiger partial charge in [0, 0.05) is 18.6 Å². The van der Waals surface area contributed by atoms with E-state index in [1.165, 1.54) is 6.07 Å². The molecule has 0 radical (unpaired) electrons. The number of hydrogen-bond acceptors (Lipinski definition) is 3. The number of fused-ring (bicyclic) bond motifs is 1. The van der Waals surface area contributed by atoms with Gasteiger partial charge in [-0.3, -0.25) is 0 Å². The first kappa shape index (κ1) is 13.5. The quantitative estimate of drug-likeness (QED) is 0.866. The molecule has 5 heteroatoms. The summed E-state index contributed by atoms with van der Waals surface area (Å²) in [5, 5.41) is 10.5. The van der Waals surface area contributed by atoms with Crippen LogP contribution in [0.4, 0.5) is 4.39 Å². The van der Waals surface area contributed by atoms with Crippen molar-refractivity contribution in [1.29, 1.82) is 0 Å². The summed E-state index contributed by atoms with van der Waals surface area (Å²) in [6.07, 6.45) is 0.340. The van der Waals surface area contributed by atoms with Crippen LogP contribution in [-0.4, -0.2) is 22.2 Å². The van der Waals surface area contributed by atoms with Gasteiger partial charge in [0.25, 0.3) is 0 Å². The van der Waals surface area contributed by atoms with Crippen molar-refractivity contribution in [3.63, 3.8) is 0 Å². The first-order valence-electron chi connectivity index (χ1n) is 6.05. The molecule has 0 aliphatic carbocycles. The van der Waals surface area contributed by atoms with Crippen LogP contribution in [0.1, 0.15) is 24.2 Å². The van der Waals surface area contributed by atoms with Gasteiger partial charge in [-0.1, -0.05) is 0 Å². The average molecular weight is 265 g/mol. The van der Waals surface area contributed by atoms with Crippen molar-refractivity contribution in [3.05, 3.63) is 35.3 Å². The van der Waals surface area contributed by atoms with Crippen molar-refractivity contribution in [3.8, 4) is 0 Å². The van der Waals surface area contributed by atoms with Gasteiger partial charge in [0.2, 0.25) is 0 Å². The minimum absolute atomic E-state index is 0.172. The van der Waals surface area contributed by atoms with Gasteiger partial charge < -0.3 is 14.4 Å². The Kier molecular flexibility index (Phi) is 3.57. The van der Waals surface area contributed by atoms with E-state index in [1.54, 1.807) is 30.8 Å². The molecule has 4 nitrogen and oxygen atoms in total. The minimum Gasteiger partial charge on any atom is -0.464 e. The Bertz CT molecular complexity index is 633. The summed E-state index contributed by atoms with van der Waals surface area (Å²) < 4.78 is 20.5. The average Bonchev–Trinajstić information content (AvgIpc) is 2.64. The highest BCUT2D eigenvalue weighted by molar-refractivity contribution is 5.86. The zero-order chi connectivity index (χ0) is 14.2. The fraction of sp³-hybridized carbons (Fsp3) is 0.357. The van der Waals surface area contributed by atoms with Gasteiger partial charge in [-0.25, -0.2) is 9.18 Å². The molecule has 0 fully saturated rings. The topological polar surface area (TPSA) is 51.5 Å². The van der Waals surface area contributed by atoms with E-state index in [9.17, 15) is 14.3 Å². The highest BCUT2D eigenvalue weighted by Crippen LogP contribution is 2.27. The molecule has 0 spiro atoms. The predicted octanol–water partition coefficient (Wildman–Crippen LogP) is 2.22. The van der Waals surface area contributed by atoms with Gasteiger partial charge in [-0.05, 0) is 37.1 Å². The van der Waals surface area contributed by atoms with E-state index < -0.39 is 17.9 Å². The minimum atomic E-state index is -1.46. The zero-order valence-corrected chi connectivity index (χ0v) is 11.1. The summed E-state index contributed by atoms with van der Waals surface area (Å²) in [7, 11) is 1.75. The number of halogens is 1. The number of aromatic nitrogens is 1. The highest BCUT2D eigenvalue weighted by atomic mass is 19.1. The van der Waals surface area contributed by atoms with Gasteiger partial charge >= 0.3 is 5.97 Å². The van der Waals surface area contributed by atoms with E-state index in [4.69, 9.17) is 4.74 Å². The van der Waals surface area contributed by atoms with Gasteiger partial charge in [-0.15, -0.1) is 0 Å². The lowest BCUT2D eigenvalue weighted by Crippen LogP contribution is -2.15. The monoisotopic (exact) mass is 265 g/mol. The number of hydrogen-bond donors (Lipinski definition) is 1. The van der Waals surface area contributed by atoms with Crippen LogP contribution >= 0.6 is 0 Å². The lowest BCUT2D eigenvalue weighted by molar-refractivity contribution is -0.153. The molecule has 2 rings (SSSR count). The molecule has 1 atom stereocenters. The number of esters is 1. The second-order valence-electron chi connectivity index (χ2n) is 4.48. The Morgan fingerprint density at radius 3 is 2.84 bits per heavy atom. The summed E-state index contributed by atoms with van der Waals surface area (Å²) in [5.41, 5.74) is 1.55. The van der Waals surface area contributed by atoms with Gasteiger partial charge in [0.1, 0.15) is 5.82 Å². The Morgan fingerprint density at radius 1 is 1.53 bits per heavy atom. The summed E-state index contributed by atoms with van der Waals surface area (Å²) in [4.78, 5) is 11.5. The summed E-state index contributed by atoms with van der Waals surface area (Å²) in [5.74, 6) is -1.23. The third kappa shape index (κ3) is 2.33. The lowest BCUT2D eigenvalue weighted by Gasteiger charge is -2.11. The number of nitrogens with zero attached hydrogens (tertiary/aromatic N) is 1. The molecular weight excluding hydrogens is 249 g/mol. The molecule has 102 valence electrons. The molecule has 19 heavy (non-hydrogen) atoms. The van der Waals surface area contributed by atoms with Crippen molar-refractivity contribution >= 4 is 16.9 Å². The Morgan fingerprint density at radius 2 is 2.21 bits per heavy atom. The van der Waals surface area contributed by atoms with E-state index in [1.807, 2.05) is 6.92 Å². The summed E-state index contributed by atoms with van der Waals surface area (Å²) in [6, 6.07) is 2.79. The fourth-order valence-corrected chi connectivity index (χ4v) is 2.22. The molecule has 0 bridgehead atoms. The summed E-state index contributed by atoms with van der Waals surface area (Å²) in [6.45, 7) is 3.67. The third-order valence-corrected chi connectivity index (χ3v) is 3.08. The van der Waals surface area contributed by atoms with Crippen LogP contribution in [0.3, 0.4) is 0 Å². The van der Waals surface area contributed by atoms with E-state index in [2.05, 4.69) is 0 Å². The van der Waals surface area contributed by atoms with Crippen LogP contribution in [0.5, 0.6) is 0 Å². The van der Waals surface area contributed by atoms with E-state index >= 15 is 0 Å². The van der Waals surface area contributed by atoms with Crippen LogP contribution < -0.4 is 0 Å². The lowest BCUT2D eigenvalue weighted by atomic mass is 10.1. The molecular formula is C14H16FNO3. The summed E-state index contributed by atoms with van der Waals surface area (Å²) >= 11 is 0. The van der Waals surface area contributed by atoms with Crippen LogP contribution in [-0.2, 0) is 16.6 Å². The molecule has 0 aliphatic heterocycles. The number of carbonyl (C=O) groups excluding carboxylic acids is 1. The Hall–Kier alpha value is -1.88. The molecule has 1 heterocycles. The number of ether oxygens (including phenoxy) is 1. The molecule has 0 saturated heterocycles. The van der Waals surface area contributed by atoms with Gasteiger partial charge in [0.15, 0.2) is 6.10 Å². The Balaban J connectivity index is 2.51. The van der Waals surface area contributed by atoms with Gasteiger partial charge in [0.05, 0.1) is 12.1 Å². The molecule has 0 aliphatic rings. The smallest absolute Gasteiger partial charge is 0.339 e. The number of aliphatic hydroxyl groups is 1. The van der Waals surface area contributed by atoms with Gasteiger partial charge in [-0.2, -0.15) is 0 Å². The van der Waals surface area contributed by atoms with E-state index in [0.717, 1.165) is 5.56 Å². The number of rotatable bonds is 3. The largest absolute Gasteiger partial charge is 0.464 e. The van der Waals surface area contributed by atoms with Crippen LogP contribution in [0.15, 0.2) is 18.3 Å². The predicted molar refractivity (Wildman–Crippen MR) is 69.2 cm³/mol. The zero-order valence-electron chi connectivity index (χ0n) is 11.1. The second-order valence-corrected chi connectivity index (χ2v) is 4.48. The molecule has 0 saturated carbocycles. The molecule has 1 aromatic carbocycles. The maximum absolute atomic E-state index is 14.0. The van der Waals surface area contributed by atoms with Crippen molar-refractivity contribution in [2.45, 2.75) is 20.0 Å². The maximum atomic E-state index is 14.0. The van der Waals surface area contributed by atoms with Crippen molar-refractivity contribution in [2.75, 3.05) is 6.61 Å². The molecule has 1 N–H and O–H groups in total. The normalized spacial score (nSPS) is 12.7. The third-order valence-electron chi connectivity index (χ3n) is 3.08. The van der Waals surface area contributed by atoms with Crippen molar-refractivity contribution in [1.82, 2.24) is 4.57 Å². The Labute approximate surface area is 110 Å². The molecule has 0 amide bonds. The first-order chi connectivity index (χ1) is 8.95. The molecule has 1 aromatic heterocycles. The maximum Gasteiger partial charge on any atom is 0.339 e. The van der Waals surface area contributed by atoms with Crippen LogP contribution in [0, 0.1) is 12.7 Å². The van der Waals surface area contributed by atoms with E-state index in [-0.39, 0.29) is 12.2 Å². The fourth-order valence-electron chi connectivity index (χ4n) is 2.22. The number of aliphatic hydroxyl groups excluding tert-OH is 1. The van der Waals surface area contributed by atoms with E-state index in [0.29, 0.717) is 10.9 Å². The second kappa shape index (κ2) is 5.01. The van der Waals surface area contributed by atoms with Crippen molar-refractivity contribution in [2.24, 2.45) is 7.05 Å². The SMILES string of the molecule is CCOC(=O)C(O)c1cc(F)c2c(c1)c(C)cn2C. The number of carbonyl (C=O) groups is 1. The number of benzene rings is 1. The van der Waals surface area contributed by atoms with Crippen molar-refractivity contribution < 1.29 is 19.0 Å². The standard InChI is InChI=1S/C14H16FNO3/c1-4-19-14(18)13(17)9-5-10-8(2)7-16(3)12(10)11(15)6-9/h5-7,13,17H,4H2,1-3H3. The highest BCUT2D eigenvalue weighted by Gasteiger charge is 2.21. The van der Waals surface area contributed by atoms with Crippen LogP contribution in [0.2, 0.25) is 0 Å². The number of aryl methyl sites for hydroxylation is 2. The molecule has 1 unspecified atom stereocenters. The van der Waals surface area contributed by atoms with Crippen LogP contribution in [0.25, 0.3) is 10.9 Å². The molecule has 2 aromatic rings.